The van der Waals surface area contributed by atoms with Crippen molar-refractivity contribution in [2.45, 2.75) is 64.8 Å². The van der Waals surface area contributed by atoms with Gasteiger partial charge in [0, 0.05) is 0 Å². The highest BCUT2D eigenvalue weighted by Gasteiger charge is 2.43. The molecule has 0 unspecified atom stereocenters. The molecule has 25 heavy (non-hydrogen) atoms. The van der Waals surface area contributed by atoms with Gasteiger partial charge in [0.1, 0.15) is 5.60 Å². The van der Waals surface area contributed by atoms with Gasteiger partial charge in [0.05, 0.1) is 5.41 Å². The fourth-order valence-electron chi connectivity index (χ4n) is 2.87. The van der Waals surface area contributed by atoms with E-state index in [0.29, 0.717) is 24.8 Å². The summed E-state index contributed by atoms with van der Waals surface area (Å²) in [6.07, 6.45) is -1.48. The molecule has 0 radical (unpaired) electrons. The van der Waals surface area contributed by atoms with Crippen molar-refractivity contribution in [2.75, 3.05) is 0 Å². The number of esters is 1. The smallest absolute Gasteiger partial charge is 0.504 e. The van der Waals surface area contributed by atoms with Crippen LogP contribution in [-0.2, 0) is 15.1 Å². The molecule has 0 atom stereocenters. The molecule has 0 amide bonds. The highest BCUT2D eigenvalue weighted by Crippen LogP contribution is 2.46. The molecule has 0 spiro atoms. The lowest BCUT2D eigenvalue weighted by atomic mass is 9.88. The van der Waals surface area contributed by atoms with Gasteiger partial charge in [0.25, 0.3) is 0 Å². The second-order valence-electron chi connectivity index (χ2n) is 7.06. The first-order valence-electron chi connectivity index (χ1n) is 8.32. The van der Waals surface area contributed by atoms with Crippen molar-refractivity contribution in [1.29, 1.82) is 0 Å². The lowest BCUT2D eigenvalue weighted by molar-refractivity contribution is -0.275. The molecule has 1 aliphatic rings. The molecule has 0 heterocycles. The first-order valence-corrected chi connectivity index (χ1v) is 8.32. The Morgan fingerprint density at radius 1 is 1.24 bits per heavy atom. The Hall–Kier alpha value is -1.92. The van der Waals surface area contributed by atoms with Gasteiger partial charge in [0.15, 0.2) is 11.5 Å². The summed E-state index contributed by atoms with van der Waals surface area (Å²) in [4.78, 5) is 12.5. The Kier molecular flexibility index (Phi) is 5.25. The van der Waals surface area contributed by atoms with Crippen molar-refractivity contribution in [3.05, 3.63) is 23.8 Å². The third-order valence-corrected chi connectivity index (χ3v) is 4.85. The van der Waals surface area contributed by atoms with Crippen LogP contribution < -0.4 is 4.74 Å². The van der Waals surface area contributed by atoms with E-state index in [1.807, 2.05) is 6.92 Å². The van der Waals surface area contributed by atoms with E-state index in [4.69, 9.17) is 4.74 Å². The summed E-state index contributed by atoms with van der Waals surface area (Å²) in [5, 5.41) is 9.90. The molecule has 4 nitrogen and oxygen atoms in total. The van der Waals surface area contributed by atoms with Crippen LogP contribution in [0, 0.1) is 5.41 Å². The number of carbonyl (C=O) groups excluding carboxylic acids is 1. The Morgan fingerprint density at radius 2 is 1.84 bits per heavy atom. The standard InChI is InChI=1S/C18H23F3O4/c1-4-16(2,3)15(23)25-17(9-5-6-10-17)12-7-8-14(13(22)11-12)24-18(19,20)21/h7-8,11,22H,4-6,9-10H2,1-3H3. The molecular formula is C18H23F3O4. The van der Waals surface area contributed by atoms with Crippen LogP contribution in [0.1, 0.15) is 58.4 Å². The number of phenolic OH excluding ortho intramolecular Hbond substituents is 1. The molecule has 1 N–H and O–H groups in total. The maximum atomic E-state index is 12.5. The van der Waals surface area contributed by atoms with Gasteiger partial charge in [0.2, 0.25) is 0 Å². The normalized spacial score (nSPS) is 17.4. The SMILES string of the molecule is CCC(C)(C)C(=O)OC1(c2ccc(OC(F)(F)F)c(O)c2)CCCC1. The molecule has 1 aromatic carbocycles. The summed E-state index contributed by atoms with van der Waals surface area (Å²) in [5.41, 5.74) is -1.09. The van der Waals surface area contributed by atoms with Crippen molar-refractivity contribution < 1.29 is 32.5 Å². The van der Waals surface area contributed by atoms with Crippen LogP contribution in [-0.4, -0.2) is 17.4 Å². The lowest BCUT2D eigenvalue weighted by Crippen LogP contribution is -2.36. The van der Waals surface area contributed by atoms with Gasteiger partial charge in [-0.15, -0.1) is 13.2 Å². The number of phenols is 1. The van der Waals surface area contributed by atoms with Crippen LogP contribution in [0.3, 0.4) is 0 Å². The molecule has 1 aromatic rings. The van der Waals surface area contributed by atoms with E-state index in [0.717, 1.165) is 18.9 Å². The Labute approximate surface area is 144 Å². The van der Waals surface area contributed by atoms with Crippen LogP contribution >= 0.6 is 0 Å². The van der Waals surface area contributed by atoms with E-state index in [1.165, 1.54) is 12.1 Å². The van der Waals surface area contributed by atoms with Crippen molar-refractivity contribution in [1.82, 2.24) is 0 Å². The number of rotatable bonds is 5. The molecule has 7 heteroatoms. The van der Waals surface area contributed by atoms with Gasteiger partial charge in [-0.3, -0.25) is 4.79 Å². The number of ether oxygens (including phenoxy) is 2. The number of alkyl halides is 3. The Morgan fingerprint density at radius 3 is 2.32 bits per heavy atom. The predicted octanol–water partition coefficient (Wildman–Crippen LogP) is 5.04. The number of aromatic hydroxyl groups is 1. The number of benzene rings is 1. The van der Waals surface area contributed by atoms with E-state index in [2.05, 4.69) is 4.74 Å². The van der Waals surface area contributed by atoms with Gasteiger partial charge in [-0.1, -0.05) is 13.0 Å². The minimum atomic E-state index is -4.89. The maximum Gasteiger partial charge on any atom is 0.573 e. The first-order chi connectivity index (χ1) is 11.5. The van der Waals surface area contributed by atoms with E-state index >= 15 is 0 Å². The third kappa shape index (κ3) is 4.38. The summed E-state index contributed by atoms with van der Waals surface area (Å²) in [6.45, 7) is 5.46. The molecular weight excluding hydrogens is 337 g/mol. The van der Waals surface area contributed by atoms with Crippen LogP contribution in [0.2, 0.25) is 0 Å². The molecule has 0 aliphatic heterocycles. The predicted molar refractivity (Wildman–Crippen MR) is 85.1 cm³/mol. The van der Waals surface area contributed by atoms with Gasteiger partial charge >= 0.3 is 12.3 Å². The fraction of sp³-hybridized carbons (Fsp3) is 0.611. The zero-order chi connectivity index (χ0) is 18.9. The summed E-state index contributed by atoms with van der Waals surface area (Å²) in [7, 11) is 0. The molecule has 0 bridgehead atoms. The summed E-state index contributed by atoms with van der Waals surface area (Å²) in [6, 6.07) is 3.66. The number of halogens is 3. The average molecular weight is 360 g/mol. The quantitative estimate of drug-likeness (QED) is 0.748. The van der Waals surface area contributed by atoms with Gasteiger partial charge < -0.3 is 14.6 Å². The first kappa shape index (κ1) is 19.4. The van der Waals surface area contributed by atoms with E-state index in [9.17, 15) is 23.1 Å². The third-order valence-electron chi connectivity index (χ3n) is 4.85. The van der Waals surface area contributed by atoms with Crippen molar-refractivity contribution >= 4 is 5.97 Å². The highest BCUT2D eigenvalue weighted by molar-refractivity contribution is 5.76. The largest absolute Gasteiger partial charge is 0.573 e. The average Bonchev–Trinajstić information content (AvgIpc) is 2.97. The second-order valence-corrected chi connectivity index (χ2v) is 7.06. The minimum absolute atomic E-state index is 0.355. The van der Waals surface area contributed by atoms with Crippen LogP contribution in [0.5, 0.6) is 11.5 Å². The summed E-state index contributed by atoms with van der Waals surface area (Å²) >= 11 is 0. The maximum absolute atomic E-state index is 12.5. The molecule has 1 aliphatic carbocycles. The molecule has 1 fully saturated rings. The van der Waals surface area contributed by atoms with E-state index in [1.54, 1.807) is 13.8 Å². The molecule has 0 aromatic heterocycles. The Bertz CT molecular complexity index is 632. The fourth-order valence-corrected chi connectivity index (χ4v) is 2.87. The Balaban J connectivity index is 2.31. The molecule has 1 saturated carbocycles. The van der Waals surface area contributed by atoms with Gasteiger partial charge in [-0.25, -0.2) is 0 Å². The summed E-state index contributed by atoms with van der Waals surface area (Å²) in [5.74, 6) is -1.66. The molecule has 140 valence electrons. The number of hydrogen-bond donors (Lipinski definition) is 1. The lowest BCUT2D eigenvalue weighted by Gasteiger charge is -2.33. The number of hydrogen-bond acceptors (Lipinski definition) is 4. The van der Waals surface area contributed by atoms with E-state index in [-0.39, 0.29) is 5.97 Å². The zero-order valence-electron chi connectivity index (χ0n) is 14.6. The highest BCUT2D eigenvalue weighted by atomic mass is 19.4. The molecule has 2 rings (SSSR count). The van der Waals surface area contributed by atoms with Crippen molar-refractivity contribution in [2.24, 2.45) is 5.41 Å². The zero-order valence-corrected chi connectivity index (χ0v) is 14.6. The van der Waals surface area contributed by atoms with Crippen LogP contribution in [0.25, 0.3) is 0 Å². The number of carbonyl (C=O) groups is 1. The van der Waals surface area contributed by atoms with Crippen LogP contribution in [0.4, 0.5) is 13.2 Å². The van der Waals surface area contributed by atoms with Crippen molar-refractivity contribution in [3.63, 3.8) is 0 Å². The van der Waals surface area contributed by atoms with Crippen LogP contribution in [0.15, 0.2) is 18.2 Å². The molecule has 0 saturated heterocycles. The topological polar surface area (TPSA) is 55.8 Å². The van der Waals surface area contributed by atoms with Gasteiger partial charge in [-0.05, 0) is 63.6 Å². The second kappa shape index (κ2) is 6.77. The van der Waals surface area contributed by atoms with E-state index < -0.39 is 28.9 Å². The monoisotopic (exact) mass is 360 g/mol. The minimum Gasteiger partial charge on any atom is -0.504 e. The van der Waals surface area contributed by atoms with Crippen molar-refractivity contribution in [3.8, 4) is 11.5 Å². The summed E-state index contributed by atoms with van der Waals surface area (Å²) < 4.78 is 46.6. The van der Waals surface area contributed by atoms with Gasteiger partial charge in [-0.2, -0.15) is 0 Å².